The first-order valence-electron chi connectivity index (χ1n) is 8.67. The zero-order chi connectivity index (χ0) is 20.4. The van der Waals surface area contributed by atoms with Crippen LogP contribution in [0.4, 0.5) is 11.4 Å². The molecule has 0 saturated heterocycles. The highest BCUT2D eigenvalue weighted by molar-refractivity contribution is 6.53. The lowest BCUT2D eigenvalue weighted by atomic mass is 10.0. The largest absolute Gasteiger partial charge is 0.465 e. The number of nitrogens with one attached hydrogen (secondary N) is 1. The van der Waals surface area contributed by atoms with Crippen LogP contribution in [0.5, 0.6) is 0 Å². The summed E-state index contributed by atoms with van der Waals surface area (Å²) in [5, 5.41) is 2.64. The van der Waals surface area contributed by atoms with E-state index in [9.17, 15) is 14.4 Å². The molecule has 0 bridgehead atoms. The highest BCUT2D eigenvalue weighted by atomic mass is 35.5. The Balaban J connectivity index is 1.86. The van der Waals surface area contributed by atoms with Gasteiger partial charge < -0.3 is 10.1 Å². The summed E-state index contributed by atoms with van der Waals surface area (Å²) in [4.78, 5) is 38.1. The number of methoxy groups -OCH3 is 1. The molecule has 3 rings (SSSR count). The number of esters is 1. The van der Waals surface area contributed by atoms with Gasteiger partial charge in [0.15, 0.2) is 0 Å². The molecule has 28 heavy (non-hydrogen) atoms. The van der Waals surface area contributed by atoms with Gasteiger partial charge in [0.1, 0.15) is 10.7 Å². The van der Waals surface area contributed by atoms with Crippen LogP contribution in [0.2, 0.25) is 0 Å². The summed E-state index contributed by atoms with van der Waals surface area (Å²) in [5.74, 6) is -1.34. The highest BCUT2D eigenvalue weighted by Crippen LogP contribution is 2.31. The van der Waals surface area contributed by atoms with Gasteiger partial charge in [-0.2, -0.15) is 0 Å². The summed E-state index contributed by atoms with van der Waals surface area (Å²) in [7, 11) is 1.28. The van der Waals surface area contributed by atoms with E-state index in [4.69, 9.17) is 11.6 Å². The van der Waals surface area contributed by atoms with Crippen LogP contribution >= 0.6 is 11.6 Å². The third-order valence-electron chi connectivity index (χ3n) is 4.40. The quantitative estimate of drug-likeness (QED) is 0.607. The molecule has 1 N–H and O–H groups in total. The molecule has 0 spiro atoms. The third-order valence-corrected chi connectivity index (χ3v) is 4.75. The number of carbonyl (C=O) groups is 3. The van der Waals surface area contributed by atoms with Crippen LogP contribution in [0.3, 0.4) is 0 Å². The lowest BCUT2D eigenvalue weighted by Gasteiger charge is -2.16. The van der Waals surface area contributed by atoms with Crippen molar-refractivity contribution in [1.82, 2.24) is 0 Å². The Kier molecular flexibility index (Phi) is 5.51. The minimum atomic E-state index is -0.601. The minimum Gasteiger partial charge on any atom is -0.465 e. The van der Waals surface area contributed by atoms with Crippen molar-refractivity contribution in [2.75, 3.05) is 17.3 Å². The molecule has 0 saturated carbocycles. The third kappa shape index (κ3) is 3.64. The Hall–Kier alpha value is -3.12. The molecule has 1 aliphatic heterocycles. The van der Waals surface area contributed by atoms with Gasteiger partial charge in [-0.25, -0.2) is 9.69 Å². The predicted molar refractivity (Wildman–Crippen MR) is 107 cm³/mol. The van der Waals surface area contributed by atoms with E-state index >= 15 is 0 Å². The van der Waals surface area contributed by atoms with E-state index in [-0.39, 0.29) is 10.7 Å². The van der Waals surface area contributed by atoms with Crippen LogP contribution in [0, 0.1) is 0 Å². The van der Waals surface area contributed by atoms with Crippen molar-refractivity contribution in [2.24, 2.45) is 0 Å². The van der Waals surface area contributed by atoms with Crippen molar-refractivity contribution in [2.45, 2.75) is 19.8 Å². The summed E-state index contributed by atoms with van der Waals surface area (Å²) < 4.78 is 4.69. The molecule has 1 heterocycles. The first kappa shape index (κ1) is 19.6. The van der Waals surface area contributed by atoms with Crippen molar-refractivity contribution in [3.05, 3.63) is 70.4 Å². The number of amides is 2. The average Bonchev–Trinajstić information content (AvgIpc) is 2.91. The van der Waals surface area contributed by atoms with Crippen LogP contribution in [0.15, 0.2) is 59.3 Å². The summed E-state index contributed by atoms with van der Waals surface area (Å²) in [5.41, 5.74) is 2.25. The average molecular weight is 399 g/mol. The van der Waals surface area contributed by atoms with Crippen LogP contribution in [0.1, 0.15) is 35.7 Å². The number of rotatable bonds is 5. The molecule has 0 aromatic heterocycles. The second kappa shape index (κ2) is 7.86. The van der Waals surface area contributed by atoms with Crippen molar-refractivity contribution in [1.29, 1.82) is 0 Å². The molecular weight excluding hydrogens is 380 g/mol. The lowest BCUT2D eigenvalue weighted by molar-refractivity contribution is -0.120. The summed E-state index contributed by atoms with van der Waals surface area (Å²) in [6, 6.07) is 13.6. The Bertz CT molecular complexity index is 980. The van der Waals surface area contributed by atoms with Crippen LogP contribution in [-0.2, 0) is 14.3 Å². The van der Waals surface area contributed by atoms with Gasteiger partial charge in [-0.05, 0) is 41.8 Å². The van der Waals surface area contributed by atoms with Gasteiger partial charge in [0.05, 0.1) is 18.4 Å². The van der Waals surface area contributed by atoms with Gasteiger partial charge in [-0.3, -0.25) is 9.59 Å². The first-order chi connectivity index (χ1) is 13.3. The number of imide groups is 1. The molecule has 2 aromatic carbocycles. The fourth-order valence-corrected chi connectivity index (χ4v) is 3.05. The Labute approximate surface area is 167 Å². The molecule has 2 aromatic rings. The van der Waals surface area contributed by atoms with Gasteiger partial charge >= 0.3 is 5.97 Å². The molecule has 0 unspecified atom stereocenters. The van der Waals surface area contributed by atoms with Crippen molar-refractivity contribution < 1.29 is 19.1 Å². The minimum absolute atomic E-state index is 0.0402. The SMILES string of the molecule is COC(=O)c1cccc(NC2=C(Cl)C(=O)N(c3ccc(C(C)C)cc3)C2=O)c1. The number of hydrogen-bond donors (Lipinski definition) is 1. The number of anilines is 2. The maximum atomic E-state index is 12.8. The molecular formula is C21H19ClN2O4. The summed E-state index contributed by atoms with van der Waals surface area (Å²) >= 11 is 6.14. The highest BCUT2D eigenvalue weighted by Gasteiger charge is 2.39. The molecule has 0 atom stereocenters. The van der Waals surface area contributed by atoms with E-state index in [0.29, 0.717) is 22.9 Å². The van der Waals surface area contributed by atoms with E-state index < -0.39 is 17.8 Å². The molecule has 144 valence electrons. The molecule has 2 amide bonds. The van der Waals surface area contributed by atoms with Crippen molar-refractivity contribution in [3.8, 4) is 0 Å². The van der Waals surface area contributed by atoms with Crippen LogP contribution in [-0.4, -0.2) is 24.9 Å². The molecule has 1 aliphatic rings. The van der Waals surface area contributed by atoms with Gasteiger partial charge in [0, 0.05) is 5.69 Å². The monoisotopic (exact) mass is 398 g/mol. The molecule has 7 heteroatoms. The number of carbonyl (C=O) groups excluding carboxylic acids is 3. The first-order valence-corrected chi connectivity index (χ1v) is 9.05. The lowest BCUT2D eigenvalue weighted by Crippen LogP contribution is -2.32. The molecule has 6 nitrogen and oxygen atoms in total. The summed E-state index contributed by atoms with van der Waals surface area (Å²) in [6.45, 7) is 4.12. The van der Waals surface area contributed by atoms with E-state index in [1.54, 1.807) is 30.3 Å². The number of nitrogens with zero attached hydrogens (tertiary/aromatic N) is 1. The summed E-state index contributed by atoms with van der Waals surface area (Å²) in [6.07, 6.45) is 0. The topological polar surface area (TPSA) is 75.7 Å². The fourth-order valence-electron chi connectivity index (χ4n) is 2.84. The van der Waals surface area contributed by atoms with E-state index in [1.807, 2.05) is 12.1 Å². The van der Waals surface area contributed by atoms with Crippen LogP contribution in [0.25, 0.3) is 0 Å². The second-order valence-corrected chi connectivity index (χ2v) is 6.96. The van der Waals surface area contributed by atoms with Gasteiger partial charge in [-0.1, -0.05) is 43.6 Å². The molecule has 0 radical (unpaired) electrons. The normalized spacial score (nSPS) is 14.1. The number of halogens is 1. The molecule has 0 fully saturated rings. The van der Waals surface area contributed by atoms with E-state index in [2.05, 4.69) is 23.9 Å². The Morgan fingerprint density at radius 2 is 1.75 bits per heavy atom. The second-order valence-electron chi connectivity index (χ2n) is 6.58. The zero-order valence-electron chi connectivity index (χ0n) is 15.7. The fraction of sp³-hybridized carbons (Fsp3) is 0.190. The van der Waals surface area contributed by atoms with Crippen molar-refractivity contribution in [3.63, 3.8) is 0 Å². The number of hydrogen-bond acceptors (Lipinski definition) is 5. The standard InChI is InChI=1S/C21H19ClN2O4/c1-12(2)13-7-9-16(10-8-13)24-19(25)17(22)18(20(24)26)23-15-6-4-5-14(11-15)21(27)28-3/h4-12,23H,1-3H3. The van der Waals surface area contributed by atoms with E-state index in [0.717, 1.165) is 10.5 Å². The number of benzene rings is 2. The Morgan fingerprint density at radius 1 is 1.07 bits per heavy atom. The molecule has 0 aliphatic carbocycles. The Morgan fingerprint density at radius 3 is 2.36 bits per heavy atom. The van der Waals surface area contributed by atoms with Gasteiger partial charge in [0.25, 0.3) is 11.8 Å². The van der Waals surface area contributed by atoms with Crippen LogP contribution < -0.4 is 10.2 Å². The van der Waals surface area contributed by atoms with Crippen molar-refractivity contribution >= 4 is 40.8 Å². The zero-order valence-corrected chi connectivity index (χ0v) is 16.4. The number of ether oxygens (including phenoxy) is 1. The van der Waals surface area contributed by atoms with Gasteiger partial charge in [0.2, 0.25) is 0 Å². The maximum Gasteiger partial charge on any atom is 0.337 e. The maximum absolute atomic E-state index is 12.8. The smallest absolute Gasteiger partial charge is 0.337 e. The van der Waals surface area contributed by atoms with Gasteiger partial charge in [-0.15, -0.1) is 0 Å². The predicted octanol–water partition coefficient (Wildman–Crippen LogP) is 4.03. The van der Waals surface area contributed by atoms with E-state index in [1.165, 1.54) is 13.2 Å².